The van der Waals surface area contributed by atoms with Gasteiger partial charge in [0, 0.05) is 23.5 Å². The van der Waals surface area contributed by atoms with Gasteiger partial charge in [0.05, 0.1) is 5.01 Å². The highest BCUT2D eigenvalue weighted by Gasteiger charge is 2.24. The van der Waals surface area contributed by atoms with Crippen molar-refractivity contribution in [3.05, 3.63) is 81.3 Å². The lowest BCUT2D eigenvalue weighted by Gasteiger charge is -2.28. The number of benzene rings is 2. The van der Waals surface area contributed by atoms with E-state index in [9.17, 15) is 4.79 Å². The van der Waals surface area contributed by atoms with E-state index in [0.29, 0.717) is 5.69 Å². The van der Waals surface area contributed by atoms with Crippen LogP contribution in [0.2, 0.25) is 0 Å². The molecule has 26 heavy (non-hydrogen) atoms. The van der Waals surface area contributed by atoms with Crippen LogP contribution in [0, 0.1) is 13.8 Å². The maximum absolute atomic E-state index is 13.2. The Kier molecular flexibility index (Phi) is 5.52. The fraction of sp³-hybridized carbons (Fsp3) is 0.273. The molecule has 0 radical (unpaired) electrons. The fourth-order valence-corrected chi connectivity index (χ4v) is 3.79. The quantitative estimate of drug-likeness (QED) is 0.607. The van der Waals surface area contributed by atoms with Crippen LogP contribution in [0.1, 0.15) is 46.0 Å². The first-order valence-corrected chi connectivity index (χ1v) is 9.73. The SMILES string of the molecule is Cc1ccc(C)c(N(C(=O)c2csc(Cc3ccccc3)n2)C(C)C)c1. The third kappa shape index (κ3) is 4.02. The van der Waals surface area contributed by atoms with Gasteiger partial charge in [0.2, 0.25) is 0 Å². The molecule has 0 bridgehead atoms. The Bertz CT molecular complexity index is 900. The maximum Gasteiger partial charge on any atom is 0.277 e. The van der Waals surface area contributed by atoms with Gasteiger partial charge in [-0.25, -0.2) is 4.98 Å². The van der Waals surface area contributed by atoms with Gasteiger partial charge >= 0.3 is 0 Å². The first-order chi connectivity index (χ1) is 12.5. The number of hydrogen-bond acceptors (Lipinski definition) is 3. The summed E-state index contributed by atoms with van der Waals surface area (Å²) in [6, 6.07) is 16.5. The molecule has 134 valence electrons. The minimum atomic E-state index is -0.0377. The van der Waals surface area contributed by atoms with E-state index in [-0.39, 0.29) is 11.9 Å². The molecule has 3 aromatic rings. The van der Waals surface area contributed by atoms with E-state index in [2.05, 4.69) is 35.3 Å². The van der Waals surface area contributed by atoms with Crippen LogP contribution in [0.5, 0.6) is 0 Å². The van der Waals surface area contributed by atoms with Gasteiger partial charge in [-0.1, -0.05) is 42.5 Å². The van der Waals surface area contributed by atoms with Crippen LogP contribution >= 0.6 is 11.3 Å². The van der Waals surface area contributed by atoms with Crippen molar-refractivity contribution in [3.63, 3.8) is 0 Å². The number of thiazole rings is 1. The monoisotopic (exact) mass is 364 g/mol. The van der Waals surface area contributed by atoms with E-state index in [1.807, 2.05) is 56.2 Å². The highest BCUT2D eigenvalue weighted by atomic mass is 32.1. The molecule has 0 saturated heterocycles. The van der Waals surface area contributed by atoms with Crippen LogP contribution in [0.25, 0.3) is 0 Å². The predicted octanol–water partition coefficient (Wildman–Crippen LogP) is 5.41. The van der Waals surface area contributed by atoms with Crippen LogP contribution in [-0.4, -0.2) is 16.9 Å². The second-order valence-corrected chi connectivity index (χ2v) is 7.79. The molecule has 0 aliphatic rings. The summed E-state index contributed by atoms with van der Waals surface area (Å²) in [5.41, 5.74) is 4.93. The summed E-state index contributed by atoms with van der Waals surface area (Å²) in [6.45, 7) is 8.17. The van der Waals surface area contributed by atoms with Gasteiger partial charge in [-0.3, -0.25) is 4.79 Å². The number of aryl methyl sites for hydroxylation is 2. The lowest BCUT2D eigenvalue weighted by atomic mass is 10.1. The molecule has 2 aromatic carbocycles. The number of rotatable bonds is 5. The number of nitrogens with zero attached hydrogens (tertiary/aromatic N) is 2. The van der Waals surface area contributed by atoms with Crippen LogP contribution < -0.4 is 4.90 Å². The standard InChI is InChI=1S/C22H24N2OS/c1-15(2)24(20-12-16(3)10-11-17(20)4)22(25)19-14-26-21(23-19)13-18-8-6-5-7-9-18/h5-12,14-15H,13H2,1-4H3. The van der Waals surface area contributed by atoms with Crippen molar-refractivity contribution in [3.8, 4) is 0 Å². The summed E-state index contributed by atoms with van der Waals surface area (Å²) >= 11 is 1.55. The first-order valence-electron chi connectivity index (χ1n) is 8.85. The second-order valence-electron chi connectivity index (χ2n) is 6.85. The van der Waals surface area contributed by atoms with Gasteiger partial charge in [-0.15, -0.1) is 11.3 Å². The molecular weight excluding hydrogens is 340 g/mol. The van der Waals surface area contributed by atoms with Crippen LogP contribution in [0.4, 0.5) is 5.69 Å². The first kappa shape index (κ1) is 18.3. The zero-order chi connectivity index (χ0) is 18.7. The predicted molar refractivity (Wildman–Crippen MR) is 109 cm³/mol. The fourth-order valence-electron chi connectivity index (χ4n) is 2.99. The molecule has 0 spiro atoms. The molecule has 1 heterocycles. The summed E-state index contributed by atoms with van der Waals surface area (Å²) in [5, 5.41) is 2.84. The summed E-state index contributed by atoms with van der Waals surface area (Å²) in [5.74, 6) is -0.0377. The third-order valence-corrected chi connectivity index (χ3v) is 5.18. The van der Waals surface area contributed by atoms with Crippen LogP contribution in [0.15, 0.2) is 53.9 Å². The number of carbonyl (C=O) groups is 1. The van der Waals surface area contributed by atoms with Gasteiger partial charge < -0.3 is 4.90 Å². The Morgan fingerprint density at radius 1 is 1.12 bits per heavy atom. The summed E-state index contributed by atoms with van der Waals surface area (Å²) in [4.78, 5) is 19.7. The number of aromatic nitrogens is 1. The molecule has 0 aliphatic carbocycles. The lowest BCUT2D eigenvalue weighted by molar-refractivity contribution is 0.0976. The Morgan fingerprint density at radius 3 is 2.54 bits per heavy atom. The Morgan fingerprint density at radius 2 is 1.85 bits per heavy atom. The molecule has 1 aromatic heterocycles. The summed E-state index contributed by atoms with van der Waals surface area (Å²) < 4.78 is 0. The van der Waals surface area contributed by atoms with Gasteiger partial charge in [0.25, 0.3) is 5.91 Å². The zero-order valence-corrected chi connectivity index (χ0v) is 16.5. The zero-order valence-electron chi connectivity index (χ0n) is 15.7. The molecule has 4 heteroatoms. The van der Waals surface area contributed by atoms with E-state index >= 15 is 0 Å². The van der Waals surface area contributed by atoms with Gasteiger partial charge in [0.1, 0.15) is 5.69 Å². The van der Waals surface area contributed by atoms with Crippen LogP contribution in [0.3, 0.4) is 0 Å². The number of carbonyl (C=O) groups excluding carboxylic acids is 1. The Balaban J connectivity index is 1.88. The number of hydrogen-bond donors (Lipinski definition) is 0. The molecule has 0 unspecified atom stereocenters. The molecule has 3 nitrogen and oxygen atoms in total. The van der Waals surface area contributed by atoms with E-state index in [1.54, 1.807) is 11.3 Å². The smallest absolute Gasteiger partial charge is 0.277 e. The van der Waals surface area contributed by atoms with E-state index in [0.717, 1.165) is 28.2 Å². The van der Waals surface area contributed by atoms with E-state index in [1.165, 1.54) is 5.56 Å². The van der Waals surface area contributed by atoms with Crippen molar-refractivity contribution in [1.29, 1.82) is 0 Å². The van der Waals surface area contributed by atoms with Crippen molar-refractivity contribution in [1.82, 2.24) is 4.98 Å². The Labute approximate surface area is 159 Å². The van der Waals surface area contributed by atoms with Gasteiger partial charge in [-0.2, -0.15) is 0 Å². The highest BCUT2D eigenvalue weighted by molar-refractivity contribution is 7.09. The average molecular weight is 365 g/mol. The molecule has 0 saturated carbocycles. The van der Waals surface area contributed by atoms with Crippen molar-refractivity contribution in [2.24, 2.45) is 0 Å². The molecule has 3 rings (SSSR count). The molecule has 0 fully saturated rings. The van der Waals surface area contributed by atoms with Gasteiger partial charge in [-0.05, 0) is 50.5 Å². The third-order valence-electron chi connectivity index (χ3n) is 4.33. The van der Waals surface area contributed by atoms with Crippen LogP contribution in [-0.2, 0) is 6.42 Å². The highest BCUT2D eigenvalue weighted by Crippen LogP contribution is 2.26. The second kappa shape index (κ2) is 7.83. The van der Waals surface area contributed by atoms with Crippen molar-refractivity contribution in [2.45, 2.75) is 40.2 Å². The normalized spacial score (nSPS) is 11.0. The largest absolute Gasteiger partial charge is 0.304 e. The Hall–Kier alpha value is -2.46. The average Bonchev–Trinajstić information content (AvgIpc) is 3.07. The summed E-state index contributed by atoms with van der Waals surface area (Å²) in [7, 11) is 0. The summed E-state index contributed by atoms with van der Waals surface area (Å²) in [6.07, 6.45) is 0.754. The molecule has 0 aliphatic heterocycles. The maximum atomic E-state index is 13.2. The van der Waals surface area contributed by atoms with Crippen molar-refractivity contribution in [2.75, 3.05) is 4.90 Å². The number of amides is 1. The lowest BCUT2D eigenvalue weighted by Crippen LogP contribution is -2.37. The van der Waals surface area contributed by atoms with Crippen molar-refractivity contribution >= 4 is 22.9 Å². The topological polar surface area (TPSA) is 33.2 Å². The molecular formula is C22H24N2OS. The molecule has 1 amide bonds. The van der Waals surface area contributed by atoms with Gasteiger partial charge in [0.15, 0.2) is 0 Å². The molecule has 0 N–H and O–H groups in total. The minimum absolute atomic E-state index is 0.0377. The minimum Gasteiger partial charge on any atom is -0.304 e. The van der Waals surface area contributed by atoms with E-state index < -0.39 is 0 Å². The number of anilines is 1. The van der Waals surface area contributed by atoms with E-state index in [4.69, 9.17) is 0 Å². The van der Waals surface area contributed by atoms with Crippen molar-refractivity contribution < 1.29 is 4.79 Å². The molecule has 0 atom stereocenters.